The van der Waals surface area contributed by atoms with Gasteiger partial charge in [0.25, 0.3) is 11.8 Å². The number of aromatic nitrogens is 2. The smallest absolute Gasteiger partial charge is 0.263 e. The Bertz CT molecular complexity index is 1190. The second kappa shape index (κ2) is 7.59. The van der Waals surface area contributed by atoms with Gasteiger partial charge >= 0.3 is 0 Å². The maximum Gasteiger partial charge on any atom is 0.263 e. The Morgan fingerprint density at radius 1 is 1.06 bits per heavy atom. The van der Waals surface area contributed by atoms with Crippen molar-refractivity contribution in [1.29, 1.82) is 0 Å². The van der Waals surface area contributed by atoms with Gasteiger partial charge < -0.3 is 4.52 Å². The molecule has 3 aromatic rings. The Labute approximate surface area is 182 Å². The summed E-state index contributed by atoms with van der Waals surface area (Å²) in [5.74, 6) is -0.205. The maximum atomic E-state index is 13.1. The molecule has 2 amide bonds. The molecule has 0 saturated carbocycles. The predicted molar refractivity (Wildman–Crippen MR) is 111 cm³/mol. The lowest BCUT2D eigenvalue weighted by molar-refractivity contribution is -0.123. The molecule has 1 aromatic heterocycles. The molecule has 10 heteroatoms. The van der Waals surface area contributed by atoms with Crippen molar-refractivity contribution in [2.45, 2.75) is 32.0 Å². The first kappa shape index (κ1) is 19.4. The molecule has 31 heavy (non-hydrogen) atoms. The lowest BCUT2D eigenvalue weighted by Crippen LogP contribution is -2.39. The summed E-state index contributed by atoms with van der Waals surface area (Å²) in [6.07, 6.45) is 0.871. The van der Waals surface area contributed by atoms with Crippen LogP contribution in [0.4, 0.5) is 5.69 Å². The van der Waals surface area contributed by atoms with Gasteiger partial charge in [-0.2, -0.15) is 10.1 Å². The number of fused-ring (bicyclic) bond motifs is 1. The van der Waals surface area contributed by atoms with Gasteiger partial charge in [0.15, 0.2) is 12.1 Å². The van der Waals surface area contributed by atoms with E-state index in [-0.39, 0.29) is 18.3 Å². The Morgan fingerprint density at radius 3 is 2.58 bits per heavy atom. The van der Waals surface area contributed by atoms with Crippen LogP contribution in [0.2, 0.25) is 5.02 Å². The van der Waals surface area contributed by atoms with Crippen LogP contribution in [0.3, 0.4) is 0 Å². The van der Waals surface area contributed by atoms with E-state index in [1.165, 1.54) is 9.91 Å². The number of carbonyl (C=O) groups is 2. The van der Waals surface area contributed by atoms with E-state index in [1.54, 1.807) is 24.3 Å². The van der Waals surface area contributed by atoms with E-state index in [1.807, 2.05) is 31.2 Å². The summed E-state index contributed by atoms with van der Waals surface area (Å²) in [5, 5.41) is 13.9. The number of halogens is 1. The number of aryl methyl sites for hydroxylation is 1. The fraction of sp³-hybridized carbons (Fsp3) is 0.238. The monoisotopic (exact) mass is 436 g/mol. The molecule has 1 saturated heterocycles. The fourth-order valence-corrected chi connectivity index (χ4v) is 3.92. The van der Waals surface area contributed by atoms with Crippen molar-refractivity contribution in [2.24, 2.45) is 10.3 Å². The van der Waals surface area contributed by atoms with Gasteiger partial charge in [-0.3, -0.25) is 14.6 Å². The molecule has 2 atom stereocenters. The Balaban J connectivity index is 1.36. The third kappa shape index (κ3) is 3.27. The van der Waals surface area contributed by atoms with Crippen LogP contribution in [0.25, 0.3) is 11.4 Å². The van der Waals surface area contributed by atoms with Crippen LogP contribution >= 0.6 is 11.6 Å². The Kier molecular flexibility index (Phi) is 4.74. The number of rotatable bonds is 5. The zero-order chi connectivity index (χ0) is 21.5. The minimum atomic E-state index is -0.885. The lowest BCUT2D eigenvalue weighted by Gasteiger charge is -2.19. The molecule has 0 unspecified atom stereocenters. The van der Waals surface area contributed by atoms with E-state index in [2.05, 4.69) is 20.5 Å². The first-order valence-corrected chi connectivity index (χ1v) is 10.2. The molecule has 0 radical (unpaired) electrons. The average Bonchev–Trinajstić information content (AvgIpc) is 3.47. The van der Waals surface area contributed by atoms with Crippen LogP contribution in [-0.4, -0.2) is 39.0 Å². The Hall–Kier alpha value is -3.59. The first-order chi connectivity index (χ1) is 15.1. The van der Waals surface area contributed by atoms with Crippen molar-refractivity contribution < 1.29 is 14.1 Å². The van der Waals surface area contributed by atoms with E-state index in [4.69, 9.17) is 16.1 Å². The quantitative estimate of drug-likeness (QED) is 0.567. The summed E-state index contributed by atoms with van der Waals surface area (Å²) >= 11 is 6.19. The van der Waals surface area contributed by atoms with Gasteiger partial charge in [0.2, 0.25) is 11.7 Å². The predicted octanol–water partition coefficient (Wildman–Crippen LogP) is 3.45. The van der Waals surface area contributed by atoms with Gasteiger partial charge in [0, 0.05) is 5.56 Å². The average molecular weight is 437 g/mol. The highest BCUT2D eigenvalue weighted by atomic mass is 35.5. The molecular formula is C21H17ClN6O3. The summed E-state index contributed by atoms with van der Waals surface area (Å²) in [6, 6.07) is 12.8. The molecule has 0 spiro atoms. The zero-order valence-electron chi connectivity index (χ0n) is 16.5. The van der Waals surface area contributed by atoms with E-state index >= 15 is 0 Å². The number of amides is 2. The standard InChI is InChI=1S/C21H17ClN6O3/c1-2-12-7-9-13(10-8-12)28-20(29)17-18(21(28)30)27(26-24-17)11-16-23-19(25-31-16)14-5-3-4-6-15(14)22/h3-10,17-18H,2,11H2,1H3/t17-,18-/m0/s1. The van der Waals surface area contributed by atoms with Crippen LogP contribution < -0.4 is 4.90 Å². The van der Waals surface area contributed by atoms with Crippen LogP contribution in [0, 0.1) is 0 Å². The molecule has 9 nitrogen and oxygen atoms in total. The van der Waals surface area contributed by atoms with Crippen molar-refractivity contribution in [3.05, 3.63) is 65.0 Å². The van der Waals surface area contributed by atoms with Crippen molar-refractivity contribution in [3.63, 3.8) is 0 Å². The van der Waals surface area contributed by atoms with E-state index in [0.717, 1.165) is 12.0 Å². The molecule has 0 aliphatic carbocycles. The number of anilines is 1. The molecule has 2 aliphatic heterocycles. The summed E-state index contributed by atoms with van der Waals surface area (Å²) in [4.78, 5) is 31.4. The number of hydrogen-bond donors (Lipinski definition) is 0. The lowest BCUT2D eigenvalue weighted by atomic mass is 10.1. The summed E-state index contributed by atoms with van der Waals surface area (Å²) in [7, 11) is 0. The highest BCUT2D eigenvalue weighted by molar-refractivity contribution is 6.33. The first-order valence-electron chi connectivity index (χ1n) is 9.78. The van der Waals surface area contributed by atoms with Crippen LogP contribution in [0.5, 0.6) is 0 Å². The zero-order valence-corrected chi connectivity index (χ0v) is 17.2. The van der Waals surface area contributed by atoms with Crippen molar-refractivity contribution in [3.8, 4) is 11.4 Å². The van der Waals surface area contributed by atoms with Gasteiger partial charge in [-0.1, -0.05) is 53.2 Å². The fourth-order valence-electron chi connectivity index (χ4n) is 3.70. The molecule has 156 valence electrons. The normalized spacial score (nSPS) is 20.1. The van der Waals surface area contributed by atoms with E-state index < -0.39 is 18.0 Å². The highest BCUT2D eigenvalue weighted by Gasteiger charge is 2.55. The summed E-state index contributed by atoms with van der Waals surface area (Å²) in [6.45, 7) is 2.09. The SMILES string of the molecule is CCc1ccc(N2C(=O)[C@H]3N=NN(Cc4nc(-c5ccccc5Cl)no4)[C@@H]3C2=O)cc1. The molecule has 3 heterocycles. The number of nitrogens with zero attached hydrogens (tertiary/aromatic N) is 6. The molecule has 0 bridgehead atoms. The third-order valence-electron chi connectivity index (χ3n) is 5.34. The van der Waals surface area contributed by atoms with Gasteiger partial charge in [-0.25, -0.2) is 4.90 Å². The van der Waals surface area contributed by atoms with E-state index in [9.17, 15) is 9.59 Å². The number of hydrogen-bond acceptors (Lipinski definition) is 8. The summed E-state index contributed by atoms with van der Waals surface area (Å²) in [5.41, 5.74) is 2.28. The van der Waals surface area contributed by atoms with E-state index in [0.29, 0.717) is 22.1 Å². The molecule has 2 aliphatic rings. The highest BCUT2D eigenvalue weighted by Crippen LogP contribution is 2.33. The number of imide groups is 1. The number of carbonyl (C=O) groups excluding carboxylic acids is 2. The second-order valence-corrected chi connectivity index (χ2v) is 7.62. The van der Waals surface area contributed by atoms with Crippen LogP contribution in [0.15, 0.2) is 63.4 Å². The summed E-state index contributed by atoms with van der Waals surface area (Å²) < 4.78 is 5.31. The molecule has 5 rings (SSSR count). The minimum absolute atomic E-state index is 0.0454. The molecule has 2 aromatic carbocycles. The van der Waals surface area contributed by atoms with Gasteiger partial charge in [0.1, 0.15) is 6.54 Å². The Morgan fingerprint density at radius 2 is 1.84 bits per heavy atom. The molecule has 0 N–H and O–H groups in total. The topological polar surface area (TPSA) is 104 Å². The third-order valence-corrected chi connectivity index (χ3v) is 5.67. The minimum Gasteiger partial charge on any atom is -0.337 e. The van der Waals surface area contributed by atoms with Crippen molar-refractivity contribution in [1.82, 2.24) is 15.1 Å². The van der Waals surface area contributed by atoms with Gasteiger partial charge in [-0.05, 0) is 36.2 Å². The van der Waals surface area contributed by atoms with Crippen molar-refractivity contribution >= 4 is 29.1 Å². The van der Waals surface area contributed by atoms with Crippen LogP contribution in [-0.2, 0) is 22.6 Å². The largest absolute Gasteiger partial charge is 0.337 e. The molecule has 1 fully saturated rings. The van der Waals surface area contributed by atoms with Crippen LogP contribution in [0.1, 0.15) is 18.4 Å². The number of benzene rings is 2. The van der Waals surface area contributed by atoms with Gasteiger partial charge in [-0.15, -0.1) is 0 Å². The maximum absolute atomic E-state index is 13.1. The van der Waals surface area contributed by atoms with Crippen molar-refractivity contribution in [2.75, 3.05) is 4.90 Å². The molecular weight excluding hydrogens is 420 g/mol. The van der Waals surface area contributed by atoms with Gasteiger partial charge in [0.05, 0.1) is 10.7 Å². The second-order valence-electron chi connectivity index (χ2n) is 7.22.